The molecular weight excluding hydrogens is 372 g/mol. The van der Waals surface area contributed by atoms with E-state index in [2.05, 4.69) is 11.4 Å². The summed E-state index contributed by atoms with van der Waals surface area (Å²) < 4.78 is 17.1. The van der Waals surface area contributed by atoms with Gasteiger partial charge in [0.05, 0.1) is 37.4 Å². The average molecular weight is 402 g/mol. The first-order chi connectivity index (χ1) is 13.8. The summed E-state index contributed by atoms with van der Waals surface area (Å²) in [5.41, 5.74) is 0.415. The van der Waals surface area contributed by atoms with Crippen molar-refractivity contribution < 1.29 is 24.1 Å². The fourth-order valence-corrected chi connectivity index (χ4v) is 2.97. The molecule has 2 rings (SSSR count). The zero-order valence-corrected chi connectivity index (χ0v) is 17.5. The van der Waals surface area contributed by atoms with Crippen LogP contribution in [-0.4, -0.2) is 42.9 Å². The molecule has 2 N–H and O–H groups in total. The molecule has 1 aliphatic heterocycles. The van der Waals surface area contributed by atoms with Crippen LogP contribution in [0.25, 0.3) is 0 Å². The minimum absolute atomic E-state index is 0.277. The second-order valence-corrected chi connectivity index (χ2v) is 7.99. The van der Waals surface area contributed by atoms with Gasteiger partial charge >= 0.3 is 0 Å². The lowest BCUT2D eigenvalue weighted by Gasteiger charge is -2.42. The van der Waals surface area contributed by atoms with Crippen molar-refractivity contribution >= 4 is 6.29 Å². The zero-order valence-electron chi connectivity index (χ0n) is 17.5. The van der Waals surface area contributed by atoms with Gasteiger partial charge in [0.1, 0.15) is 35.8 Å². The van der Waals surface area contributed by atoms with E-state index in [0.717, 1.165) is 11.8 Å². The first kappa shape index (κ1) is 22.7. The highest BCUT2D eigenvalue weighted by Crippen LogP contribution is 2.40. The summed E-state index contributed by atoms with van der Waals surface area (Å²) in [4.78, 5) is 10.5. The summed E-state index contributed by atoms with van der Waals surface area (Å²) >= 11 is 0. The molecule has 0 aromatic heterocycles. The van der Waals surface area contributed by atoms with Crippen molar-refractivity contribution in [2.75, 3.05) is 19.8 Å². The van der Waals surface area contributed by atoms with Gasteiger partial charge in [-0.05, 0) is 38.0 Å². The lowest BCUT2D eigenvalue weighted by atomic mass is 9.86. The summed E-state index contributed by atoms with van der Waals surface area (Å²) in [7, 11) is 0. The zero-order chi connectivity index (χ0) is 21.4. The highest BCUT2D eigenvalue weighted by molar-refractivity contribution is 5.49. The quantitative estimate of drug-likeness (QED) is 0.352. The number of ether oxygens (including phenoxy) is 3. The second-order valence-electron chi connectivity index (χ2n) is 7.99. The number of hydrogen-bond acceptors (Lipinski definition) is 7. The number of hydrogen-bond donors (Lipinski definition) is 2. The van der Waals surface area contributed by atoms with Crippen LogP contribution in [0.4, 0.5) is 0 Å². The van der Waals surface area contributed by atoms with E-state index in [1.165, 1.54) is 6.26 Å². The lowest BCUT2D eigenvalue weighted by molar-refractivity contribution is -0.108. The molecule has 7 heteroatoms. The first-order valence-electron chi connectivity index (χ1n) is 9.80. The van der Waals surface area contributed by atoms with Gasteiger partial charge in [0.2, 0.25) is 0 Å². The highest BCUT2D eigenvalue weighted by atomic mass is 16.5. The molecule has 29 heavy (non-hydrogen) atoms. The van der Waals surface area contributed by atoms with E-state index in [0.29, 0.717) is 42.6 Å². The molecule has 2 atom stereocenters. The molecule has 158 valence electrons. The summed E-state index contributed by atoms with van der Waals surface area (Å²) in [6, 6.07) is 6.84. The van der Waals surface area contributed by atoms with E-state index < -0.39 is 17.7 Å². The first-order valence-corrected chi connectivity index (χ1v) is 9.80. The number of carbonyl (C=O) groups excluding carboxylic acids is 1. The van der Waals surface area contributed by atoms with Gasteiger partial charge in [-0.3, -0.25) is 0 Å². The van der Waals surface area contributed by atoms with Crippen LogP contribution in [0.2, 0.25) is 0 Å². The normalized spacial score (nSPS) is 20.4. The van der Waals surface area contributed by atoms with Crippen LogP contribution >= 0.6 is 0 Å². The molecule has 0 amide bonds. The maximum absolute atomic E-state index is 10.9. The Labute approximate surface area is 172 Å². The molecule has 1 aromatic rings. The number of fused-ring (bicyclic) bond motifs is 1. The molecule has 2 unspecified atom stereocenters. The van der Waals surface area contributed by atoms with E-state index in [1.807, 2.05) is 27.7 Å². The van der Waals surface area contributed by atoms with Crippen LogP contribution in [-0.2, 0) is 14.3 Å². The van der Waals surface area contributed by atoms with E-state index >= 15 is 0 Å². The summed E-state index contributed by atoms with van der Waals surface area (Å²) in [6.45, 7) is 8.83. The molecule has 7 nitrogen and oxygen atoms in total. The smallest absolute Gasteiger partial charge is 0.144 e. The van der Waals surface area contributed by atoms with Crippen LogP contribution in [0.3, 0.4) is 0 Å². The van der Waals surface area contributed by atoms with Crippen LogP contribution in [0.1, 0.15) is 51.3 Å². The molecule has 0 bridgehead atoms. The highest BCUT2D eigenvalue weighted by Gasteiger charge is 2.42. The fraction of sp³-hybridized carbons (Fsp3) is 0.545. The third-order valence-corrected chi connectivity index (χ3v) is 4.54. The predicted octanol–water partition coefficient (Wildman–Crippen LogP) is 2.84. The summed E-state index contributed by atoms with van der Waals surface area (Å²) in [6.07, 6.45) is 1.76. The number of rotatable bonds is 10. The lowest BCUT2D eigenvalue weighted by Crippen LogP contribution is -2.52. The minimum Gasteiger partial charge on any atom is -0.497 e. The van der Waals surface area contributed by atoms with Crippen molar-refractivity contribution in [3.05, 3.63) is 41.3 Å². The minimum atomic E-state index is -0.841. The molecule has 0 saturated heterocycles. The van der Waals surface area contributed by atoms with Gasteiger partial charge in [0.15, 0.2) is 0 Å². The second kappa shape index (κ2) is 10.3. The standard InChI is InChI=1S/C22H30N2O5/c1-15(2)13-28-17(14-27-9-5-8-25)12-24-20-18-10-16(11-23)6-7-19(18)29-22(3,4)21(20)26/h6-8,10,14-15,20-21,24,26H,5,9,12-13H2,1-4H3/b17-14-. The third-order valence-electron chi connectivity index (χ3n) is 4.54. The van der Waals surface area contributed by atoms with Gasteiger partial charge in [-0.25, -0.2) is 0 Å². The van der Waals surface area contributed by atoms with Crippen molar-refractivity contribution in [1.82, 2.24) is 5.32 Å². The Balaban J connectivity index is 2.20. The van der Waals surface area contributed by atoms with Crippen molar-refractivity contribution in [1.29, 1.82) is 5.26 Å². The van der Waals surface area contributed by atoms with Crippen molar-refractivity contribution in [2.45, 2.75) is 51.9 Å². The number of aldehydes is 1. The van der Waals surface area contributed by atoms with Gasteiger partial charge in [0, 0.05) is 12.0 Å². The SMILES string of the molecule is CC(C)CO/C(=C\OCCC=O)CNC1c2cc(C#N)ccc2OC(C)(C)C1O. The Morgan fingerprint density at radius 2 is 2.21 bits per heavy atom. The Morgan fingerprint density at radius 1 is 1.45 bits per heavy atom. The molecule has 0 aliphatic carbocycles. The number of nitrogens with one attached hydrogen (secondary N) is 1. The number of aliphatic hydroxyl groups is 1. The number of aliphatic hydroxyl groups excluding tert-OH is 1. The largest absolute Gasteiger partial charge is 0.497 e. The van der Waals surface area contributed by atoms with E-state index in [-0.39, 0.29) is 6.61 Å². The number of carbonyl (C=O) groups is 1. The molecule has 0 fully saturated rings. The average Bonchev–Trinajstić information content (AvgIpc) is 2.68. The maximum atomic E-state index is 10.9. The topological polar surface area (TPSA) is 101 Å². The Morgan fingerprint density at radius 3 is 2.86 bits per heavy atom. The number of benzene rings is 1. The van der Waals surface area contributed by atoms with Gasteiger partial charge in [-0.15, -0.1) is 0 Å². The fourth-order valence-electron chi connectivity index (χ4n) is 2.97. The van der Waals surface area contributed by atoms with Crippen LogP contribution in [0.5, 0.6) is 5.75 Å². The van der Waals surface area contributed by atoms with E-state index in [1.54, 1.807) is 18.2 Å². The molecule has 0 saturated carbocycles. The van der Waals surface area contributed by atoms with Crippen LogP contribution in [0.15, 0.2) is 30.2 Å². The Bertz CT molecular complexity index is 767. The van der Waals surface area contributed by atoms with Crippen LogP contribution in [0, 0.1) is 17.2 Å². The molecule has 0 radical (unpaired) electrons. The number of nitrogens with zero attached hydrogens (tertiary/aromatic N) is 1. The monoisotopic (exact) mass is 402 g/mol. The van der Waals surface area contributed by atoms with Crippen LogP contribution < -0.4 is 10.1 Å². The van der Waals surface area contributed by atoms with Crippen molar-refractivity contribution in [3.8, 4) is 11.8 Å². The predicted molar refractivity (Wildman–Crippen MR) is 108 cm³/mol. The van der Waals surface area contributed by atoms with Crippen molar-refractivity contribution in [3.63, 3.8) is 0 Å². The van der Waals surface area contributed by atoms with Gasteiger partial charge in [-0.2, -0.15) is 5.26 Å². The Hall–Kier alpha value is -2.56. The van der Waals surface area contributed by atoms with Gasteiger partial charge in [-0.1, -0.05) is 13.8 Å². The Kier molecular flexibility index (Phi) is 8.06. The third kappa shape index (κ3) is 6.21. The molecule has 1 aromatic carbocycles. The van der Waals surface area contributed by atoms with E-state index in [4.69, 9.17) is 14.2 Å². The molecule has 0 spiro atoms. The molecular formula is C22H30N2O5. The summed E-state index contributed by atoms with van der Waals surface area (Å²) in [5.74, 6) is 1.53. The van der Waals surface area contributed by atoms with Gasteiger partial charge < -0.3 is 29.4 Å². The van der Waals surface area contributed by atoms with Crippen molar-refractivity contribution in [2.24, 2.45) is 5.92 Å². The maximum Gasteiger partial charge on any atom is 0.144 e. The number of nitriles is 1. The summed E-state index contributed by atoms with van der Waals surface area (Å²) in [5, 5.41) is 23.4. The molecule has 1 aliphatic rings. The molecule has 1 heterocycles. The van der Waals surface area contributed by atoms with Gasteiger partial charge in [0.25, 0.3) is 0 Å². The van der Waals surface area contributed by atoms with E-state index in [9.17, 15) is 15.2 Å².